The van der Waals surface area contributed by atoms with Gasteiger partial charge in [-0.05, 0) is 44.0 Å². The van der Waals surface area contributed by atoms with E-state index in [0.29, 0.717) is 5.39 Å². The van der Waals surface area contributed by atoms with E-state index in [-0.39, 0.29) is 11.6 Å². The van der Waals surface area contributed by atoms with Gasteiger partial charge in [0.25, 0.3) is 0 Å². The molecule has 26 heavy (non-hydrogen) atoms. The Morgan fingerprint density at radius 1 is 1.12 bits per heavy atom. The van der Waals surface area contributed by atoms with Crippen molar-refractivity contribution in [3.63, 3.8) is 0 Å². The summed E-state index contributed by atoms with van der Waals surface area (Å²) in [7, 11) is 0. The van der Waals surface area contributed by atoms with E-state index in [2.05, 4.69) is 20.2 Å². The third kappa shape index (κ3) is 3.31. The summed E-state index contributed by atoms with van der Waals surface area (Å²) < 4.78 is 27.6. The largest absolute Gasteiger partial charge is 0.382 e. The van der Waals surface area contributed by atoms with Crippen molar-refractivity contribution < 1.29 is 8.78 Å². The Balaban J connectivity index is 1.49. The molecule has 134 valence electrons. The third-order valence-corrected chi connectivity index (χ3v) is 4.82. The van der Waals surface area contributed by atoms with E-state index in [1.54, 1.807) is 12.3 Å². The summed E-state index contributed by atoms with van der Waals surface area (Å²) >= 11 is 0. The number of pyridine rings is 2. The number of fused-ring (bicyclic) bond motifs is 1. The second kappa shape index (κ2) is 6.86. The molecule has 1 aliphatic heterocycles. The Hall–Kier alpha value is -2.76. The fraction of sp³-hybridized carbons (Fsp3) is 0.300. The Bertz CT molecular complexity index is 936. The van der Waals surface area contributed by atoms with Gasteiger partial charge in [0.1, 0.15) is 17.2 Å². The van der Waals surface area contributed by atoms with Gasteiger partial charge >= 0.3 is 0 Å². The van der Waals surface area contributed by atoms with Crippen molar-refractivity contribution in [3.8, 4) is 0 Å². The number of rotatable bonds is 3. The van der Waals surface area contributed by atoms with Crippen molar-refractivity contribution in [2.75, 3.05) is 23.3 Å². The van der Waals surface area contributed by atoms with Crippen LogP contribution in [-0.4, -0.2) is 29.1 Å². The normalized spacial score (nSPS) is 15.4. The number of nitrogens with one attached hydrogen (secondary N) is 1. The fourth-order valence-electron chi connectivity index (χ4n) is 3.48. The molecule has 0 aliphatic carbocycles. The summed E-state index contributed by atoms with van der Waals surface area (Å²) in [5, 5.41) is 3.92. The lowest BCUT2D eigenvalue weighted by Gasteiger charge is -2.34. The van der Waals surface area contributed by atoms with Gasteiger partial charge in [-0.1, -0.05) is 6.07 Å². The molecule has 1 fully saturated rings. The molecule has 1 aromatic carbocycles. The zero-order valence-electron chi connectivity index (χ0n) is 14.5. The highest BCUT2D eigenvalue weighted by molar-refractivity contribution is 5.91. The molecular weight excluding hydrogens is 334 g/mol. The minimum Gasteiger partial charge on any atom is -0.382 e. The Kier molecular flexibility index (Phi) is 4.41. The van der Waals surface area contributed by atoms with E-state index in [1.807, 2.05) is 25.1 Å². The molecule has 0 radical (unpaired) electrons. The molecule has 1 N–H and O–H groups in total. The maximum Gasteiger partial charge on any atom is 0.152 e. The van der Waals surface area contributed by atoms with Gasteiger partial charge in [0, 0.05) is 48.2 Å². The second-order valence-electron chi connectivity index (χ2n) is 6.69. The van der Waals surface area contributed by atoms with E-state index in [9.17, 15) is 8.78 Å². The van der Waals surface area contributed by atoms with Crippen LogP contribution in [0.4, 0.5) is 20.3 Å². The van der Waals surface area contributed by atoms with Crippen molar-refractivity contribution in [1.29, 1.82) is 0 Å². The highest BCUT2D eigenvalue weighted by atomic mass is 19.1. The van der Waals surface area contributed by atoms with Gasteiger partial charge in [0.2, 0.25) is 0 Å². The summed E-state index contributed by atoms with van der Waals surface area (Å²) in [6.45, 7) is 3.77. The van der Waals surface area contributed by atoms with Crippen LogP contribution in [0.3, 0.4) is 0 Å². The average Bonchev–Trinajstić information content (AvgIpc) is 2.63. The number of nitrogens with zero attached hydrogens (tertiary/aromatic N) is 3. The number of hydrogen-bond acceptors (Lipinski definition) is 4. The molecule has 0 amide bonds. The first-order chi connectivity index (χ1) is 12.6. The molecule has 3 heterocycles. The van der Waals surface area contributed by atoms with Gasteiger partial charge in [-0.2, -0.15) is 0 Å². The number of benzene rings is 1. The molecule has 1 aliphatic rings. The second-order valence-corrected chi connectivity index (χ2v) is 6.69. The van der Waals surface area contributed by atoms with E-state index in [0.717, 1.165) is 49.2 Å². The predicted molar refractivity (Wildman–Crippen MR) is 99.5 cm³/mol. The zero-order chi connectivity index (χ0) is 18.1. The molecule has 0 spiro atoms. The monoisotopic (exact) mass is 354 g/mol. The van der Waals surface area contributed by atoms with Crippen LogP contribution in [-0.2, 0) is 0 Å². The molecule has 2 aromatic heterocycles. The van der Waals surface area contributed by atoms with Gasteiger partial charge in [0.05, 0.1) is 0 Å². The highest BCUT2D eigenvalue weighted by Crippen LogP contribution is 2.27. The van der Waals surface area contributed by atoms with Crippen molar-refractivity contribution >= 4 is 22.4 Å². The first-order valence-corrected chi connectivity index (χ1v) is 8.79. The minimum atomic E-state index is -0.635. The SMILES string of the molecule is Cc1cccc(N2CCC(Nc3ccnc4c(F)cc(F)cc34)CC2)n1. The number of halogens is 2. The number of hydrogen-bond donors (Lipinski definition) is 1. The van der Waals surface area contributed by atoms with Crippen LogP contribution in [0.5, 0.6) is 0 Å². The van der Waals surface area contributed by atoms with Crippen LogP contribution >= 0.6 is 0 Å². The summed E-state index contributed by atoms with van der Waals surface area (Å²) in [6.07, 6.45) is 3.41. The number of aryl methyl sites for hydroxylation is 1. The van der Waals surface area contributed by atoms with Crippen LogP contribution in [0.15, 0.2) is 42.6 Å². The van der Waals surface area contributed by atoms with Crippen LogP contribution in [0.25, 0.3) is 10.9 Å². The highest BCUT2D eigenvalue weighted by Gasteiger charge is 2.21. The van der Waals surface area contributed by atoms with Gasteiger partial charge in [-0.15, -0.1) is 0 Å². The zero-order valence-corrected chi connectivity index (χ0v) is 14.5. The van der Waals surface area contributed by atoms with Crippen molar-refractivity contribution in [2.45, 2.75) is 25.8 Å². The summed E-state index contributed by atoms with van der Waals surface area (Å²) in [6, 6.07) is 10.3. The topological polar surface area (TPSA) is 41.0 Å². The Morgan fingerprint density at radius 2 is 1.92 bits per heavy atom. The number of anilines is 2. The standard InChI is InChI=1S/C20H20F2N4/c1-13-3-2-4-19(24-13)26-9-6-15(7-10-26)25-18-5-8-23-20-16(18)11-14(21)12-17(20)22/h2-5,8,11-12,15H,6-7,9-10H2,1H3,(H,23,25). The molecule has 4 nitrogen and oxygen atoms in total. The average molecular weight is 354 g/mol. The van der Waals surface area contributed by atoms with E-state index in [1.165, 1.54) is 6.07 Å². The maximum atomic E-state index is 13.9. The molecule has 4 rings (SSSR count). The molecule has 0 saturated carbocycles. The van der Waals surface area contributed by atoms with Crippen molar-refractivity contribution in [2.24, 2.45) is 0 Å². The van der Waals surface area contributed by atoms with Crippen molar-refractivity contribution in [1.82, 2.24) is 9.97 Å². The quantitative estimate of drug-likeness (QED) is 0.761. The van der Waals surface area contributed by atoms with Crippen LogP contribution in [0.1, 0.15) is 18.5 Å². The molecule has 0 atom stereocenters. The minimum absolute atomic E-state index is 0.192. The third-order valence-electron chi connectivity index (χ3n) is 4.82. The predicted octanol–water partition coefficient (Wildman–Crippen LogP) is 4.30. The van der Waals surface area contributed by atoms with Gasteiger partial charge < -0.3 is 10.2 Å². The summed E-state index contributed by atoms with van der Waals surface area (Å²) in [4.78, 5) is 10.9. The molecular formula is C20H20F2N4. The van der Waals surface area contributed by atoms with Crippen LogP contribution in [0, 0.1) is 18.6 Å². The molecule has 0 unspecified atom stereocenters. The molecule has 1 saturated heterocycles. The van der Waals surface area contributed by atoms with Crippen molar-refractivity contribution in [3.05, 3.63) is 59.9 Å². The van der Waals surface area contributed by atoms with E-state index < -0.39 is 11.6 Å². The van der Waals surface area contributed by atoms with E-state index >= 15 is 0 Å². The van der Waals surface area contributed by atoms with Gasteiger partial charge in [0.15, 0.2) is 5.82 Å². The first kappa shape index (κ1) is 16.7. The lowest BCUT2D eigenvalue weighted by Crippen LogP contribution is -2.39. The summed E-state index contributed by atoms with van der Waals surface area (Å²) in [5.41, 5.74) is 1.92. The summed E-state index contributed by atoms with van der Waals surface area (Å²) in [5.74, 6) is -0.225. The Morgan fingerprint density at radius 3 is 2.69 bits per heavy atom. The van der Waals surface area contributed by atoms with Gasteiger partial charge in [-0.3, -0.25) is 4.98 Å². The van der Waals surface area contributed by atoms with Crippen LogP contribution in [0.2, 0.25) is 0 Å². The molecule has 6 heteroatoms. The lowest BCUT2D eigenvalue weighted by atomic mass is 10.0. The molecule has 0 bridgehead atoms. The number of aromatic nitrogens is 2. The van der Waals surface area contributed by atoms with Crippen LogP contribution < -0.4 is 10.2 Å². The van der Waals surface area contributed by atoms with Gasteiger partial charge in [-0.25, -0.2) is 13.8 Å². The molecule has 3 aromatic rings. The van der Waals surface area contributed by atoms with E-state index in [4.69, 9.17) is 0 Å². The Labute approximate surface area is 150 Å². The lowest BCUT2D eigenvalue weighted by molar-refractivity contribution is 0.523. The smallest absolute Gasteiger partial charge is 0.152 e. The fourth-order valence-corrected chi connectivity index (χ4v) is 3.48. The number of piperidine rings is 1. The first-order valence-electron chi connectivity index (χ1n) is 8.79. The maximum absolute atomic E-state index is 13.9.